The van der Waals surface area contributed by atoms with E-state index in [9.17, 15) is 4.79 Å². The quantitative estimate of drug-likeness (QED) is 0.885. The normalized spacial score (nSPS) is 9.86. The molecule has 0 atom stereocenters. The number of rotatable bonds is 3. The van der Waals surface area contributed by atoms with Crippen molar-refractivity contribution < 1.29 is 9.90 Å². The summed E-state index contributed by atoms with van der Waals surface area (Å²) in [7, 11) is 1.81. The maximum atomic E-state index is 12.3. The molecule has 0 spiro atoms. The van der Waals surface area contributed by atoms with Gasteiger partial charge < -0.3 is 10.0 Å². The Balaban J connectivity index is 2.04. The van der Waals surface area contributed by atoms with E-state index in [-0.39, 0.29) is 12.5 Å². The van der Waals surface area contributed by atoms with Gasteiger partial charge in [-0.2, -0.15) is 0 Å². The lowest BCUT2D eigenvalue weighted by Crippen LogP contribution is -2.25. The number of aliphatic hydroxyl groups is 1. The van der Waals surface area contributed by atoms with E-state index < -0.39 is 0 Å². The highest BCUT2D eigenvalue weighted by Crippen LogP contribution is 2.18. The lowest BCUT2D eigenvalue weighted by atomic mass is 10.1. The van der Waals surface area contributed by atoms with Gasteiger partial charge in [0.25, 0.3) is 5.91 Å². The molecule has 0 aliphatic heterocycles. The summed E-state index contributed by atoms with van der Waals surface area (Å²) in [4.78, 5) is 14.8. The maximum absolute atomic E-state index is 12.3. The number of thiophene rings is 1. The van der Waals surface area contributed by atoms with E-state index in [1.807, 2.05) is 42.6 Å². The van der Waals surface area contributed by atoms with Gasteiger partial charge in [0.05, 0.1) is 4.88 Å². The number of carbonyl (C=O) groups excluding carboxylic acids is 1. The Kier molecular flexibility index (Phi) is 5.15. The van der Waals surface area contributed by atoms with Crippen LogP contribution < -0.4 is 0 Å². The van der Waals surface area contributed by atoms with Crippen LogP contribution in [0.3, 0.4) is 0 Å². The second-order valence-electron chi connectivity index (χ2n) is 4.75. The van der Waals surface area contributed by atoms with Gasteiger partial charge in [-0.15, -0.1) is 11.3 Å². The molecule has 1 N–H and O–H groups in total. The van der Waals surface area contributed by atoms with Crippen molar-refractivity contribution in [2.24, 2.45) is 0 Å². The molecule has 21 heavy (non-hydrogen) atoms. The first-order chi connectivity index (χ1) is 10.1. The molecule has 108 valence electrons. The Labute approximate surface area is 128 Å². The molecule has 1 amide bonds. The molecule has 0 aliphatic carbocycles. The lowest BCUT2D eigenvalue weighted by molar-refractivity contribution is 0.0789. The van der Waals surface area contributed by atoms with Crippen molar-refractivity contribution in [1.29, 1.82) is 0 Å². The third-order valence-electron chi connectivity index (χ3n) is 3.09. The molecular weight excluding hydrogens is 282 g/mol. The first kappa shape index (κ1) is 15.3. The molecule has 0 saturated heterocycles. The van der Waals surface area contributed by atoms with Gasteiger partial charge in [-0.3, -0.25) is 4.79 Å². The Hall–Kier alpha value is -2.09. The maximum Gasteiger partial charge on any atom is 0.264 e. The molecule has 2 rings (SSSR count). The number of hydrogen-bond donors (Lipinski definition) is 1. The zero-order valence-corrected chi connectivity index (χ0v) is 12.9. The minimum absolute atomic E-state index is 0.0478. The topological polar surface area (TPSA) is 40.5 Å². The monoisotopic (exact) mass is 299 g/mol. The zero-order chi connectivity index (χ0) is 15.2. The van der Waals surface area contributed by atoms with Crippen molar-refractivity contribution in [2.45, 2.75) is 13.5 Å². The average Bonchev–Trinajstić information content (AvgIpc) is 2.92. The van der Waals surface area contributed by atoms with Crippen molar-refractivity contribution in [3.63, 3.8) is 0 Å². The van der Waals surface area contributed by atoms with E-state index in [4.69, 9.17) is 5.11 Å². The molecule has 3 nitrogen and oxygen atoms in total. The number of amides is 1. The van der Waals surface area contributed by atoms with Crippen LogP contribution in [0.4, 0.5) is 0 Å². The number of aryl methyl sites for hydroxylation is 1. The van der Waals surface area contributed by atoms with E-state index in [2.05, 4.69) is 11.8 Å². The molecule has 0 fully saturated rings. The summed E-state index contributed by atoms with van der Waals surface area (Å²) in [6.07, 6.45) is 0. The first-order valence-electron chi connectivity index (χ1n) is 6.60. The SMILES string of the molecule is Cc1ccsc1C(=O)N(C)Cc1ccc(C#CCO)cc1. The van der Waals surface area contributed by atoms with Crippen molar-refractivity contribution in [3.05, 3.63) is 57.3 Å². The van der Waals surface area contributed by atoms with Crippen LogP contribution in [0.15, 0.2) is 35.7 Å². The number of nitrogens with zero attached hydrogens (tertiary/aromatic N) is 1. The second kappa shape index (κ2) is 7.07. The van der Waals surface area contributed by atoms with Crippen LogP contribution in [0, 0.1) is 18.8 Å². The highest BCUT2D eigenvalue weighted by atomic mass is 32.1. The van der Waals surface area contributed by atoms with Crippen LogP contribution in [0.5, 0.6) is 0 Å². The van der Waals surface area contributed by atoms with E-state index in [1.165, 1.54) is 11.3 Å². The molecule has 1 aromatic heterocycles. The van der Waals surface area contributed by atoms with Gasteiger partial charge in [0.2, 0.25) is 0 Å². The van der Waals surface area contributed by atoms with Gasteiger partial charge >= 0.3 is 0 Å². The molecule has 4 heteroatoms. The highest BCUT2D eigenvalue weighted by Gasteiger charge is 2.15. The molecule has 0 saturated carbocycles. The van der Waals surface area contributed by atoms with Gasteiger partial charge in [-0.25, -0.2) is 0 Å². The summed E-state index contributed by atoms with van der Waals surface area (Å²) in [5.41, 5.74) is 2.93. The molecule has 1 aromatic carbocycles. The zero-order valence-electron chi connectivity index (χ0n) is 12.1. The Bertz CT molecular complexity index is 677. The average molecular weight is 299 g/mol. The van der Waals surface area contributed by atoms with Crippen LogP contribution in [0.1, 0.15) is 26.4 Å². The summed E-state index contributed by atoms with van der Waals surface area (Å²) in [5, 5.41) is 10.6. The minimum atomic E-state index is -0.140. The summed E-state index contributed by atoms with van der Waals surface area (Å²) >= 11 is 1.47. The summed E-state index contributed by atoms with van der Waals surface area (Å²) < 4.78 is 0. The van der Waals surface area contributed by atoms with E-state index in [0.717, 1.165) is 21.6 Å². The van der Waals surface area contributed by atoms with Gasteiger partial charge in [0.1, 0.15) is 6.61 Å². The fourth-order valence-corrected chi connectivity index (χ4v) is 2.86. The summed E-state index contributed by atoms with van der Waals surface area (Å²) in [5.74, 6) is 5.51. The Morgan fingerprint density at radius 1 is 1.29 bits per heavy atom. The summed E-state index contributed by atoms with van der Waals surface area (Å²) in [6, 6.07) is 9.65. The van der Waals surface area contributed by atoms with Crippen molar-refractivity contribution in [1.82, 2.24) is 4.90 Å². The predicted octanol–water partition coefficient (Wildman–Crippen LogP) is 2.67. The third-order valence-corrected chi connectivity index (χ3v) is 4.09. The molecule has 0 bridgehead atoms. The van der Waals surface area contributed by atoms with Gasteiger partial charge in [0, 0.05) is 19.2 Å². The van der Waals surface area contributed by atoms with Crippen molar-refractivity contribution >= 4 is 17.2 Å². The number of carbonyl (C=O) groups is 1. The molecule has 1 heterocycles. The highest BCUT2D eigenvalue weighted by molar-refractivity contribution is 7.12. The fraction of sp³-hybridized carbons (Fsp3) is 0.235. The van der Waals surface area contributed by atoms with E-state index in [0.29, 0.717) is 6.54 Å². The van der Waals surface area contributed by atoms with Gasteiger partial charge in [0.15, 0.2) is 0 Å². The molecule has 0 aliphatic rings. The van der Waals surface area contributed by atoms with Crippen molar-refractivity contribution in [2.75, 3.05) is 13.7 Å². The fourth-order valence-electron chi connectivity index (χ4n) is 1.95. The predicted molar refractivity (Wildman–Crippen MR) is 85.3 cm³/mol. The third kappa shape index (κ3) is 3.94. The van der Waals surface area contributed by atoms with Gasteiger partial charge in [-0.1, -0.05) is 24.0 Å². The molecule has 0 unspecified atom stereocenters. The number of hydrogen-bond acceptors (Lipinski definition) is 3. The molecule has 2 aromatic rings. The van der Waals surface area contributed by atoms with Crippen molar-refractivity contribution in [3.8, 4) is 11.8 Å². The first-order valence-corrected chi connectivity index (χ1v) is 7.48. The lowest BCUT2D eigenvalue weighted by Gasteiger charge is -2.17. The largest absolute Gasteiger partial charge is 0.384 e. The van der Waals surface area contributed by atoms with Crippen LogP contribution in [0.2, 0.25) is 0 Å². The van der Waals surface area contributed by atoms with E-state index >= 15 is 0 Å². The van der Waals surface area contributed by atoms with Crippen LogP contribution in [-0.2, 0) is 6.54 Å². The Morgan fingerprint density at radius 3 is 2.57 bits per heavy atom. The van der Waals surface area contributed by atoms with E-state index in [1.54, 1.807) is 11.9 Å². The Morgan fingerprint density at radius 2 is 2.00 bits per heavy atom. The standard InChI is InChI=1S/C17H17NO2S/c1-13-9-11-21-16(13)17(20)18(2)12-15-7-5-14(6-8-15)4-3-10-19/h5-9,11,19H,10,12H2,1-2H3. The molecular formula is C17H17NO2S. The smallest absolute Gasteiger partial charge is 0.264 e. The minimum Gasteiger partial charge on any atom is -0.384 e. The van der Waals surface area contributed by atoms with Crippen LogP contribution >= 0.6 is 11.3 Å². The van der Waals surface area contributed by atoms with Gasteiger partial charge in [-0.05, 0) is 41.6 Å². The second-order valence-corrected chi connectivity index (χ2v) is 5.67. The van der Waals surface area contributed by atoms with Crippen LogP contribution in [-0.4, -0.2) is 29.6 Å². The molecule has 0 radical (unpaired) electrons. The number of benzene rings is 1. The van der Waals surface area contributed by atoms with Crippen LogP contribution in [0.25, 0.3) is 0 Å². The summed E-state index contributed by atoms with van der Waals surface area (Å²) in [6.45, 7) is 2.37. The number of aliphatic hydroxyl groups excluding tert-OH is 1.